The second kappa shape index (κ2) is 4.41. The number of carbonyl (C=O) groups excluding carboxylic acids is 1. The van der Waals surface area contributed by atoms with Crippen molar-refractivity contribution in [1.82, 2.24) is 0 Å². The van der Waals surface area contributed by atoms with E-state index < -0.39 is 5.97 Å². The molecule has 0 amide bonds. The van der Waals surface area contributed by atoms with Gasteiger partial charge in [-0.25, -0.2) is 4.79 Å². The SMILES string of the molecule is C=C(C)C(=O)Oc1ccc2c(N)cccc2c1N. The van der Waals surface area contributed by atoms with Gasteiger partial charge in [-0.1, -0.05) is 18.7 Å². The Morgan fingerprint density at radius 1 is 1.17 bits per heavy atom. The molecule has 0 fully saturated rings. The first-order chi connectivity index (χ1) is 8.50. The van der Waals surface area contributed by atoms with E-state index in [-0.39, 0.29) is 0 Å². The van der Waals surface area contributed by atoms with Gasteiger partial charge >= 0.3 is 5.97 Å². The maximum Gasteiger partial charge on any atom is 0.338 e. The number of carbonyl (C=O) groups is 1. The van der Waals surface area contributed by atoms with Crippen molar-refractivity contribution < 1.29 is 9.53 Å². The molecule has 2 aromatic rings. The molecule has 0 atom stereocenters. The van der Waals surface area contributed by atoms with E-state index in [1.807, 2.05) is 6.07 Å². The number of fused-ring (bicyclic) bond motifs is 1. The second-order valence-corrected chi connectivity index (χ2v) is 4.09. The van der Waals surface area contributed by atoms with Crippen LogP contribution in [0.5, 0.6) is 5.75 Å². The van der Waals surface area contributed by atoms with Crippen LogP contribution in [-0.4, -0.2) is 5.97 Å². The minimum Gasteiger partial charge on any atom is -0.421 e. The largest absolute Gasteiger partial charge is 0.421 e. The van der Waals surface area contributed by atoms with Crippen LogP contribution in [0.1, 0.15) is 6.92 Å². The van der Waals surface area contributed by atoms with Crippen molar-refractivity contribution in [3.05, 3.63) is 42.5 Å². The summed E-state index contributed by atoms with van der Waals surface area (Å²) in [5.41, 5.74) is 13.2. The molecule has 4 N–H and O–H groups in total. The molecule has 0 spiro atoms. The van der Waals surface area contributed by atoms with Crippen LogP contribution in [0.15, 0.2) is 42.5 Å². The van der Waals surface area contributed by atoms with E-state index >= 15 is 0 Å². The molecule has 0 aromatic heterocycles. The lowest BCUT2D eigenvalue weighted by atomic mass is 10.1. The first-order valence-electron chi connectivity index (χ1n) is 5.45. The molecule has 4 nitrogen and oxygen atoms in total. The van der Waals surface area contributed by atoms with Crippen molar-refractivity contribution >= 4 is 28.1 Å². The first kappa shape index (κ1) is 12.0. The monoisotopic (exact) mass is 242 g/mol. The highest BCUT2D eigenvalue weighted by Crippen LogP contribution is 2.33. The zero-order chi connectivity index (χ0) is 13.3. The van der Waals surface area contributed by atoms with Gasteiger partial charge in [-0.2, -0.15) is 0 Å². The molecule has 0 saturated heterocycles. The molecule has 0 unspecified atom stereocenters. The van der Waals surface area contributed by atoms with Crippen molar-refractivity contribution in [2.45, 2.75) is 6.92 Å². The third-order valence-electron chi connectivity index (χ3n) is 2.65. The van der Waals surface area contributed by atoms with Crippen molar-refractivity contribution in [3.63, 3.8) is 0 Å². The molecule has 92 valence electrons. The molecule has 0 bridgehead atoms. The van der Waals surface area contributed by atoms with E-state index in [1.54, 1.807) is 31.2 Å². The van der Waals surface area contributed by atoms with E-state index in [0.717, 1.165) is 10.8 Å². The van der Waals surface area contributed by atoms with E-state index in [2.05, 4.69) is 6.58 Å². The van der Waals surface area contributed by atoms with Gasteiger partial charge in [0.2, 0.25) is 0 Å². The summed E-state index contributed by atoms with van der Waals surface area (Å²) < 4.78 is 5.15. The predicted octanol–water partition coefficient (Wildman–Crippen LogP) is 2.49. The minimum atomic E-state index is -0.495. The minimum absolute atomic E-state index is 0.320. The lowest BCUT2D eigenvalue weighted by Crippen LogP contribution is -2.09. The summed E-state index contributed by atoms with van der Waals surface area (Å²) >= 11 is 0. The normalized spacial score (nSPS) is 10.3. The van der Waals surface area contributed by atoms with Crippen LogP contribution in [0.25, 0.3) is 10.8 Å². The molecule has 0 radical (unpaired) electrons. The summed E-state index contributed by atoms with van der Waals surface area (Å²) in [5, 5.41) is 1.60. The maximum atomic E-state index is 11.5. The number of hydrogen-bond acceptors (Lipinski definition) is 4. The van der Waals surface area contributed by atoms with Gasteiger partial charge < -0.3 is 16.2 Å². The fraction of sp³-hybridized carbons (Fsp3) is 0.0714. The molecule has 18 heavy (non-hydrogen) atoms. The van der Waals surface area contributed by atoms with Crippen LogP contribution < -0.4 is 16.2 Å². The van der Waals surface area contributed by atoms with Gasteiger partial charge in [0.15, 0.2) is 5.75 Å². The van der Waals surface area contributed by atoms with Gasteiger partial charge in [0.05, 0.1) is 5.69 Å². The van der Waals surface area contributed by atoms with Crippen LogP contribution in [0.4, 0.5) is 11.4 Å². The Hall–Kier alpha value is -2.49. The Morgan fingerprint density at radius 2 is 1.89 bits per heavy atom. The Kier molecular flexibility index (Phi) is 2.93. The van der Waals surface area contributed by atoms with E-state index in [0.29, 0.717) is 22.7 Å². The number of ether oxygens (including phenoxy) is 1. The van der Waals surface area contributed by atoms with Crippen LogP contribution in [0, 0.1) is 0 Å². The summed E-state index contributed by atoms with van der Waals surface area (Å²) in [6.45, 7) is 5.10. The number of hydrogen-bond donors (Lipinski definition) is 2. The van der Waals surface area contributed by atoms with E-state index in [1.165, 1.54) is 0 Å². The number of benzene rings is 2. The molecule has 0 heterocycles. The predicted molar refractivity (Wildman–Crippen MR) is 73.2 cm³/mol. The van der Waals surface area contributed by atoms with Crippen molar-refractivity contribution in [2.24, 2.45) is 0 Å². The Morgan fingerprint density at radius 3 is 2.56 bits per heavy atom. The number of rotatable bonds is 2. The van der Waals surface area contributed by atoms with Gasteiger partial charge in [0.25, 0.3) is 0 Å². The smallest absolute Gasteiger partial charge is 0.338 e. The van der Waals surface area contributed by atoms with Gasteiger partial charge in [0, 0.05) is 22.0 Å². The molecule has 4 heteroatoms. The standard InChI is InChI=1S/C14H14N2O2/c1-8(2)14(17)18-12-7-6-9-10(13(12)16)4-3-5-11(9)15/h3-7H,1,15-16H2,2H3. The molecule has 0 aliphatic carbocycles. The molecule has 2 rings (SSSR count). The number of nitrogens with two attached hydrogens (primary N) is 2. The lowest BCUT2D eigenvalue weighted by Gasteiger charge is -2.10. The van der Waals surface area contributed by atoms with Crippen molar-refractivity contribution in [1.29, 1.82) is 0 Å². The third kappa shape index (κ3) is 2.00. The third-order valence-corrected chi connectivity index (χ3v) is 2.65. The molecule has 2 aromatic carbocycles. The zero-order valence-corrected chi connectivity index (χ0v) is 10.1. The lowest BCUT2D eigenvalue weighted by molar-refractivity contribution is -0.130. The number of esters is 1. The molecular weight excluding hydrogens is 228 g/mol. The maximum absolute atomic E-state index is 11.5. The van der Waals surface area contributed by atoms with Gasteiger partial charge in [0.1, 0.15) is 0 Å². The van der Waals surface area contributed by atoms with Crippen molar-refractivity contribution in [2.75, 3.05) is 11.5 Å². The summed E-state index contributed by atoms with van der Waals surface area (Å²) in [7, 11) is 0. The Balaban J connectivity index is 2.52. The first-order valence-corrected chi connectivity index (χ1v) is 5.45. The van der Waals surface area contributed by atoms with Gasteiger partial charge in [-0.3, -0.25) is 0 Å². The van der Waals surface area contributed by atoms with Gasteiger partial charge in [-0.05, 0) is 25.1 Å². The highest BCUT2D eigenvalue weighted by molar-refractivity contribution is 6.03. The Bertz CT molecular complexity index is 648. The van der Waals surface area contributed by atoms with Crippen LogP contribution in [0.2, 0.25) is 0 Å². The summed E-state index contributed by atoms with van der Waals surface area (Å²) in [6, 6.07) is 8.84. The van der Waals surface area contributed by atoms with Crippen molar-refractivity contribution in [3.8, 4) is 5.75 Å². The number of nitrogen functional groups attached to an aromatic ring is 2. The summed E-state index contributed by atoms with van der Waals surface area (Å²) in [4.78, 5) is 11.5. The van der Waals surface area contributed by atoms with Crippen LogP contribution in [0.3, 0.4) is 0 Å². The summed E-state index contributed by atoms with van der Waals surface area (Å²) in [5.74, 6) is -0.175. The van der Waals surface area contributed by atoms with E-state index in [4.69, 9.17) is 16.2 Å². The Labute approximate surface area is 105 Å². The van der Waals surface area contributed by atoms with Crippen LogP contribution in [-0.2, 0) is 4.79 Å². The highest BCUT2D eigenvalue weighted by atomic mass is 16.5. The fourth-order valence-corrected chi connectivity index (χ4v) is 1.66. The molecular formula is C14H14N2O2. The summed E-state index contributed by atoms with van der Waals surface area (Å²) in [6.07, 6.45) is 0. The molecule has 0 saturated carbocycles. The zero-order valence-electron chi connectivity index (χ0n) is 10.1. The topological polar surface area (TPSA) is 78.3 Å². The van der Waals surface area contributed by atoms with Gasteiger partial charge in [-0.15, -0.1) is 0 Å². The molecule has 0 aliphatic heterocycles. The second-order valence-electron chi connectivity index (χ2n) is 4.09. The number of anilines is 2. The average molecular weight is 242 g/mol. The average Bonchev–Trinajstić information content (AvgIpc) is 2.33. The highest BCUT2D eigenvalue weighted by Gasteiger charge is 2.11. The fourth-order valence-electron chi connectivity index (χ4n) is 1.66. The van der Waals surface area contributed by atoms with Crippen LogP contribution >= 0.6 is 0 Å². The van der Waals surface area contributed by atoms with E-state index in [9.17, 15) is 4.79 Å². The molecule has 0 aliphatic rings. The quantitative estimate of drug-likeness (QED) is 0.367.